The minimum atomic E-state index is -4.37. The van der Waals surface area contributed by atoms with Crippen LogP contribution in [0.2, 0.25) is 0 Å². The van der Waals surface area contributed by atoms with Crippen LogP contribution in [0.5, 0.6) is 5.75 Å². The van der Waals surface area contributed by atoms with Gasteiger partial charge < -0.3 is 15.2 Å². The molecule has 0 aromatic heterocycles. The molecule has 1 saturated heterocycles. The van der Waals surface area contributed by atoms with E-state index in [4.69, 9.17) is 4.74 Å². The van der Waals surface area contributed by atoms with Gasteiger partial charge in [0.25, 0.3) is 0 Å². The van der Waals surface area contributed by atoms with Gasteiger partial charge in [-0.1, -0.05) is 6.07 Å². The molecule has 1 heterocycles. The van der Waals surface area contributed by atoms with E-state index in [-0.39, 0.29) is 24.9 Å². The summed E-state index contributed by atoms with van der Waals surface area (Å²) in [5, 5.41) is 12.6. The molecule has 0 radical (unpaired) electrons. The molecule has 1 aliphatic rings. The van der Waals surface area contributed by atoms with Crippen molar-refractivity contribution in [1.82, 2.24) is 5.32 Å². The minimum absolute atomic E-state index is 0.0225. The van der Waals surface area contributed by atoms with Crippen LogP contribution < -0.4 is 10.1 Å². The first-order valence-corrected chi connectivity index (χ1v) is 6.62. The van der Waals surface area contributed by atoms with Crippen LogP contribution in [0.25, 0.3) is 0 Å². The lowest BCUT2D eigenvalue weighted by Gasteiger charge is -2.21. The van der Waals surface area contributed by atoms with Gasteiger partial charge in [-0.3, -0.25) is 0 Å². The van der Waals surface area contributed by atoms with Crippen LogP contribution in [-0.2, 0) is 6.18 Å². The van der Waals surface area contributed by atoms with E-state index < -0.39 is 11.7 Å². The summed E-state index contributed by atoms with van der Waals surface area (Å²) in [6, 6.07) is 4.82. The van der Waals surface area contributed by atoms with Crippen molar-refractivity contribution in [3.05, 3.63) is 29.8 Å². The monoisotopic (exact) mass is 289 g/mol. The molecule has 0 bridgehead atoms. The molecule has 3 nitrogen and oxygen atoms in total. The lowest BCUT2D eigenvalue weighted by molar-refractivity contribution is -0.137. The normalized spacial score (nSPS) is 20.9. The number of hydrogen-bond donors (Lipinski definition) is 2. The molecule has 0 saturated carbocycles. The largest absolute Gasteiger partial charge is 0.493 e. The molecule has 2 atom stereocenters. The number of nitrogens with one attached hydrogen (secondary N) is 1. The molecule has 0 aliphatic carbocycles. The van der Waals surface area contributed by atoms with Gasteiger partial charge in [-0.2, -0.15) is 13.2 Å². The van der Waals surface area contributed by atoms with Crippen LogP contribution in [0.3, 0.4) is 0 Å². The molecule has 6 heteroatoms. The van der Waals surface area contributed by atoms with Crippen LogP contribution in [0, 0.1) is 11.8 Å². The number of rotatable bonds is 5. The average Bonchev–Trinajstić information content (AvgIpc) is 2.93. The third-order valence-electron chi connectivity index (χ3n) is 3.63. The van der Waals surface area contributed by atoms with Crippen molar-refractivity contribution in [2.75, 3.05) is 26.3 Å². The van der Waals surface area contributed by atoms with Gasteiger partial charge >= 0.3 is 6.18 Å². The van der Waals surface area contributed by atoms with E-state index in [0.717, 1.165) is 31.6 Å². The molecule has 2 rings (SSSR count). The van der Waals surface area contributed by atoms with Crippen molar-refractivity contribution >= 4 is 0 Å². The molecule has 1 aliphatic heterocycles. The highest BCUT2D eigenvalue weighted by Gasteiger charge is 2.31. The highest BCUT2D eigenvalue weighted by Crippen LogP contribution is 2.31. The fourth-order valence-corrected chi connectivity index (χ4v) is 2.38. The molecule has 0 amide bonds. The summed E-state index contributed by atoms with van der Waals surface area (Å²) in [6.07, 6.45) is -3.41. The Labute approximate surface area is 115 Å². The number of ether oxygens (including phenoxy) is 1. The van der Waals surface area contributed by atoms with Gasteiger partial charge in [0.05, 0.1) is 12.2 Å². The SMILES string of the molecule is OCC(COc1cccc(C(F)(F)F)c1)C1CCNC1. The smallest absolute Gasteiger partial charge is 0.416 e. The second-order valence-corrected chi connectivity index (χ2v) is 5.03. The van der Waals surface area contributed by atoms with Crippen molar-refractivity contribution in [2.45, 2.75) is 12.6 Å². The Hall–Kier alpha value is -1.27. The van der Waals surface area contributed by atoms with Crippen LogP contribution in [0.1, 0.15) is 12.0 Å². The summed E-state index contributed by atoms with van der Waals surface area (Å²) >= 11 is 0. The fourth-order valence-electron chi connectivity index (χ4n) is 2.38. The number of benzene rings is 1. The second-order valence-electron chi connectivity index (χ2n) is 5.03. The molecule has 20 heavy (non-hydrogen) atoms. The fraction of sp³-hybridized carbons (Fsp3) is 0.571. The molecule has 1 fully saturated rings. The maximum atomic E-state index is 12.6. The first kappa shape index (κ1) is 15.1. The second kappa shape index (κ2) is 6.45. The number of halogens is 3. The highest BCUT2D eigenvalue weighted by atomic mass is 19.4. The molecular weight excluding hydrogens is 271 g/mol. The van der Waals surface area contributed by atoms with Gasteiger partial charge in [-0.25, -0.2) is 0 Å². The van der Waals surface area contributed by atoms with E-state index in [9.17, 15) is 18.3 Å². The summed E-state index contributed by atoms with van der Waals surface area (Å²) in [5.41, 5.74) is -0.724. The zero-order chi connectivity index (χ0) is 14.6. The van der Waals surface area contributed by atoms with Crippen LogP contribution in [0.15, 0.2) is 24.3 Å². The molecule has 112 valence electrons. The summed E-state index contributed by atoms with van der Waals surface area (Å²) < 4.78 is 43.1. The van der Waals surface area contributed by atoms with Gasteiger partial charge in [0.1, 0.15) is 5.75 Å². The average molecular weight is 289 g/mol. The Morgan fingerprint density at radius 3 is 2.80 bits per heavy atom. The quantitative estimate of drug-likeness (QED) is 0.874. The number of aliphatic hydroxyl groups is 1. The predicted molar refractivity (Wildman–Crippen MR) is 68.5 cm³/mol. The van der Waals surface area contributed by atoms with Gasteiger partial charge in [-0.05, 0) is 43.6 Å². The summed E-state index contributed by atoms with van der Waals surface area (Å²) in [6.45, 7) is 1.93. The van der Waals surface area contributed by atoms with Crippen LogP contribution in [0.4, 0.5) is 13.2 Å². The molecular formula is C14H18F3NO2. The lowest BCUT2D eigenvalue weighted by Crippen LogP contribution is -2.26. The van der Waals surface area contributed by atoms with Crippen molar-refractivity contribution < 1.29 is 23.0 Å². The topological polar surface area (TPSA) is 41.5 Å². The predicted octanol–water partition coefficient (Wildman–Crippen LogP) is 2.30. The van der Waals surface area contributed by atoms with Gasteiger partial charge in [0.15, 0.2) is 0 Å². The van der Waals surface area contributed by atoms with E-state index in [2.05, 4.69) is 5.32 Å². The van der Waals surface area contributed by atoms with E-state index in [1.807, 2.05) is 0 Å². The number of hydrogen-bond acceptors (Lipinski definition) is 3. The molecule has 0 spiro atoms. The molecule has 1 aromatic carbocycles. The summed E-state index contributed by atoms with van der Waals surface area (Å²) in [5.74, 6) is 0.439. The van der Waals surface area contributed by atoms with E-state index in [1.165, 1.54) is 12.1 Å². The first-order valence-electron chi connectivity index (χ1n) is 6.62. The summed E-state index contributed by atoms with van der Waals surface area (Å²) in [7, 11) is 0. The van der Waals surface area contributed by atoms with E-state index in [0.29, 0.717) is 5.92 Å². The number of alkyl halides is 3. The zero-order valence-electron chi connectivity index (χ0n) is 11.0. The van der Waals surface area contributed by atoms with Gasteiger partial charge in [0, 0.05) is 12.5 Å². The Balaban J connectivity index is 1.95. The van der Waals surface area contributed by atoms with Crippen molar-refractivity contribution in [2.24, 2.45) is 11.8 Å². The Morgan fingerprint density at radius 2 is 2.20 bits per heavy atom. The van der Waals surface area contributed by atoms with E-state index in [1.54, 1.807) is 0 Å². The lowest BCUT2D eigenvalue weighted by atomic mass is 9.93. The van der Waals surface area contributed by atoms with Crippen LogP contribution in [-0.4, -0.2) is 31.4 Å². The molecule has 2 unspecified atom stereocenters. The molecule has 2 N–H and O–H groups in total. The van der Waals surface area contributed by atoms with Crippen molar-refractivity contribution in [1.29, 1.82) is 0 Å². The maximum Gasteiger partial charge on any atom is 0.416 e. The van der Waals surface area contributed by atoms with Crippen molar-refractivity contribution in [3.63, 3.8) is 0 Å². The van der Waals surface area contributed by atoms with Gasteiger partial charge in [0.2, 0.25) is 0 Å². The number of aliphatic hydroxyl groups excluding tert-OH is 1. The highest BCUT2D eigenvalue weighted by molar-refractivity contribution is 5.30. The van der Waals surface area contributed by atoms with E-state index >= 15 is 0 Å². The third-order valence-corrected chi connectivity index (χ3v) is 3.63. The Bertz CT molecular complexity index is 431. The van der Waals surface area contributed by atoms with Crippen molar-refractivity contribution in [3.8, 4) is 5.75 Å². The summed E-state index contributed by atoms with van der Waals surface area (Å²) in [4.78, 5) is 0. The minimum Gasteiger partial charge on any atom is -0.493 e. The Morgan fingerprint density at radius 1 is 1.40 bits per heavy atom. The van der Waals surface area contributed by atoms with Gasteiger partial charge in [-0.15, -0.1) is 0 Å². The first-order chi connectivity index (χ1) is 9.50. The third kappa shape index (κ3) is 3.86. The standard InChI is InChI=1S/C14H18F3NO2/c15-14(16,17)12-2-1-3-13(6-12)20-9-11(8-19)10-4-5-18-7-10/h1-3,6,10-11,18-19H,4-5,7-9H2. The van der Waals surface area contributed by atoms with Crippen LogP contribution >= 0.6 is 0 Å². The maximum absolute atomic E-state index is 12.6. The molecule has 1 aromatic rings. The Kier molecular flexibility index (Phi) is 4.88. The zero-order valence-corrected chi connectivity index (χ0v) is 11.0.